The topological polar surface area (TPSA) is 91.4 Å². The fourth-order valence-corrected chi connectivity index (χ4v) is 5.20. The zero-order chi connectivity index (χ0) is 30.6. The third-order valence-corrected chi connectivity index (χ3v) is 7.01. The number of rotatable bonds is 8. The van der Waals surface area contributed by atoms with Crippen molar-refractivity contribution in [1.29, 1.82) is 0 Å². The standard InChI is InChI=1S/C35H35NO7/c1-23(37)42-32(25-15-9-6-10-16-25)33(38)41-22-26-20-36(34(39)43-35(2,3)4)29-19-30(40-21-24-13-7-5-8-14-24)27-17-11-12-18-28(27)31(26)29/h5-19,26,32H,20-22H2,1-4H3. The first-order chi connectivity index (χ1) is 20.6. The van der Waals surface area contributed by atoms with Crippen LogP contribution in [0.1, 0.15) is 56.4 Å². The lowest BCUT2D eigenvalue weighted by Gasteiger charge is -2.25. The van der Waals surface area contributed by atoms with E-state index < -0.39 is 29.7 Å². The molecule has 4 aromatic rings. The van der Waals surface area contributed by atoms with Crippen molar-refractivity contribution < 1.29 is 33.3 Å². The first-order valence-electron chi connectivity index (χ1n) is 14.2. The van der Waals surface area contributed by atoms with Crippen LogP contribution in [-0.2, 0) is 30.4 Å². The van der Waals surface area contributed by atoms with Gasteiger partial charge in [-0.25, -0.2) is 9.59 Å². The number of amides is 1. The lowest BCUT2D eigenvalue weighted by atomic mass is 9.94. The number of fused-ring (bicyclic) bond motifs is 3. The minimum Gasteiger partial charge on any atom is -0.488 e. The summed E-state index contributed by atoms with van der Waals surface area (Å²) in [5.41, 5.74) is 2.30. The summed E-state index contributed by atoms with van der Waals surface area (Å²) < 4.78 is 23.2. The Balaban J connectivity index is 1.48. The maximum Gasteiger partial charge on any atom is 0.414 e. The zero-order valence-corrected chi connectivity index (χ0v) is 24.7. The molecule has 0 aromatic heterocycles. The number of benzene rings is 4. The van der Waals surface area contributed by atoms with Gasteiger partial charge in [0.05, 0.1) is 5.69 Å². The van der Waals surface area contributed by atoms with Gasteiger partial charge in [-0.05, 0) is 37.3 Å². The molecule has 222 valence electrons. The normalized spacial score (nSPS) is 15.0. The van der Waals surface area contributed by atoms with Crippen molar-refractivity contribution in [3.05, 3.63) is 108 Å². The van der Waals surface area contributed by atoms with Crippen molar-refractivity contribution in [2.75, 3.05) is 18.1 Å². The number of nitrogens with zero attached hydrogens (tertiary/aromatic N) is 1. The van der Waals surface area contributed by atoms with Gasteiger partial charge in [0.1, 0.15) is 24.6 Å². The van der Waals surface area contributed by atoms with Crippen LogP contribution in [-0.4, -0.2) is 36.8 Å². The van der Waals surface area contributed by atoms with Crippen LogP contribution in [0.5, 0.6) is 5.75 Å². The predicted molar refractivity (Wildman–Crippen MR) is 163 cm³/mol. The maximum atomic E-state index is 13.4. The van der Waals surface area contributed by atoms with Gasteiger partial charge in [-0.2, -0.15) is 0 Å². The molecule has 1 amide bonds. The van der Waals surface area contributed by atoms with E-state index in [9.17, 15) is 14.4 Å². The zero-order valence-electron chi connectivity index (χ0n) is 24.7. The molecule has 1 heterocycles. The Bertz CT molecular complexity index is 1610. The van der Waals surface area contributed by atoms with Crippen molar-refractivity contribution in [2.24, 2.45) is 0 Å². The van der Waals surface area contributed by atoms with E-state index in [1.165, 1.54) is 6.92 Å². The summed E-state index contributed by atoms with van der Waals surface area (Å²) in [6, 6.07) is 28.2. The second-order valence-electron chi connectivity index (χ2n) is 11.4. The number of anilines is 1. The second kappa shape index (κ2) is 12.6. The van der Waals surface area contributed by atoms with Gasteiger partial charge in [0.25, 0.3) is 0 Å². The van der Waals surface area contributed by atoms with Crippen LogP contribution in [0.3, 0.4) is 0 Å². The highest BCUT2D eigenvalue weighted by Crippen LogP contribution is 2.46. The van der Waals surface area contributed by atoms with Gasteiger partial charge in [0.2, 0.25) is 6.10 Å². The first-order valence-corrected chi connectivity index (χ1v) is 14.2. The molecular weight excluding hydrogens is 546 g/mol. The lowest BCUT2D eigenvalue weighted by molar-refractivity contribution is -0.167. The Morgan fingerprint density at radius 2 is 1.51 bits per heavy atom. The highest BCUT2D eigenvalue weighted by Gasteiger charge is 2.38. The van der Waals surface area contributed by atoms with Gasteiger partial charge in [-0.1, -0.05) is 84.9 Å². The summed E-state index contributed by atoms with van der Waals surface area (Å²) in [5.74, 6) is -1.02. The Hall–Kier alpha value is -4.85. The lowest BCUT2D eigenvalue weighted by Crippen LogP contribution is -2.36. The molecule has 43 heavy (non-hydrogen) atoms. The summed E-state index contributed by atoms with van der Waals surface area (Å²) >= 11 is 0. The summed E-state index contributed by atoms with van der Waals surface area (Å²) in [5, 5.41) is 1.76. The maximum absolute atomic E-state index is 13.4. The molecule has 0 radical (unpaired) electrons. The fraction of sp³-hybridized carbons (Fsp3) is 0.286. The summed E-state index contributed by atoms with van der Waals surface area (Å²) in [6.07, 6.45) is -1.71. The summed E-state index contributed by atoms with van der Waals surface area (Å²) in [7, 11) is 0. The highest BCUT2D eigenvalue weighted by atomic mass is 16.6. The number of carbonyl (C=O) groups excluding carboxylic acids is 3. The van der Waals surface area contributed by atoms with Crippen molar-refractivity contribution in [3.8, 4) is 5.75 Å². The fourth-order valence-electron chi connectivity index (χ4n) is 5.20. The monoisotopic (exact) mass is 581 g/mol. The molecule has 0 N–H and O–H groups in total. The van der Waals surface area contributed by atoms with Gasteiger partial charge in [0.15, 0.2) is 0 Å². The smallest absolute Gasteiger partial charge is 0.414 e. The Morgan fingerprint density at radius 1 is 0.884 bits per heavy atom. The van der Waals surface area contributed by atoms with E-state index in [1.807, 2.05) is 87.5 Å². The molecule has 5 rings (SSSR count). The van der Waals surface area contributed by atoms with E-state index in [4.69, 9.17) is 18.9 Å². The van der Waals surface area contributed by atoms with Crippen LogP contribution in [0.4, 0.5) is 10.5 Å². The van der Waals surface area contributed by atoms with E-state index in [-0.39, 0.29) is 19.1 Å². The van der Waals surface area contributed by atoms with Crippen LogP contribution in [0, 0.1) is 0 Å². The summed E-state index contributed by atoms with van der Waals surface area (Å²) in [6.45, 7) is 7.24. The van der Waals surface area contributed by atoms with Crippen molar-refractivity contribution >= 4 is 34.5 Å². The van der Waals surface area contributed by atoms with Crippen molar-refractivity contribution in [2.45, 2.75) is 51.9 Å². The molecule has 8 heteroatoms. The average Bonchev–Trinajstić information content (AvgIpc) is 3.36. The molecule has 2 atom stereocenters. The highest BCUT2D eigenvalue weighted by molar-refractivity contribution is 6.02. The molecule has 2 unspecified atom stereocenters. The van der Waals surface area contributed by atoms with E-state index in [1.54, 1.807) is 29.2 Å². The van der Waals surface area contributed by atoms with Crippen molar-refractivity contribution in [3.63, 3.8) is 0 Å². The number of carbonyl (C=O) groups is 3. The van der Waals surface area contributed by atoms with Gasteiger partial charge < -0.3 is 18.9 Å². The number of hydrogen-bond acceptors (Lipinski definition) is 7. The second-order valence-corrected chi connectivity index (χ2v) is 11.4. The van der Waals surface area contributed by atoms with Crippen LogP contribution in [0.2, 0.25) is 0 Å². The van der Waals surface area contributed by atoms with Gasteiger partial charge in [0, 0.05) is 36.4 Å². The van der Waals surface area contributed by atoms with Crippen LogP contribution in [0.25, 0.3) is 10.8 Å². The number of hydrogen-bond donors (Lipinski definition) is 0. The molecule has 4 aromatic carbocycles. The van der Waals surface area contributed by atoms with Gasteiger partial charge >= 0.3 is 18.0 Å². The molecule has 1 aliphatic rings. The molecule has 0 saturated heterocycles. The molecule has 0 saturated carbocycles. The van der Waals surface area contributed by atoms with Gasteiger partial charge in [-0.15, -0.1) is 0 Å². The van der Waals surface area contributed by atoms with Crippen LogP contribution >= 0.6 is 0 Å². The number of ether oxygens (including phenoxy) is 4. The predicted octanol–water partition coefficient (Wildman–Crippen LogP) is 7.11. The van der Waals surface area contributed by atoms with E-state index in [0.29, 0.717) is 23.6 Å². The van der Waals surface area contributed by atoms with E-state index in [2.05, 4.69) is 0 Å². The Labute approximate surface area is 251 Å². The quantitative estimate of drug-likeness (QED) is 0.162. The summed E-state index contributed by atoms with van der Waals surface area (Å²) in [4.78, 5) is 40.1. The molecular formula is C35H35NO7. The molecule has 0 fully saturated rings. The molecule has 0 spiro atoms. The minimum absolute atomic E-state index is 0.0378. The minimum atomic E-state index is -1.20. The van der Waals surface area contributed by atoms with Crippen molar-refractivity contribution in [1.82, 2.24) is 0 Å². The largest absolute Gasteiger partial charge is 0.488 e. The third-order valence-electron chi connectivity index (χ3n) is 7.01. The average molecular weight is 582 g/mol. The van der Waals surface area contributed by atoms with E-state index in [0.717, 1.165) is 21.9 Å². The van der Waals surface area contributed by atoms with Crippen LogP contribution < -0.4 is 9.64 Å². The Morgan fingerprint density at radius 3 is 2.16 bits per heavy atom. The molecule has 0 bridgehead atoms. The van der Waals surface area contributed by atoms with Gasteiger partial charge in [-0.3, -0.25) is 9.69 Å². The van der Waals surface area contributed by atoms with Crippen LogP contribution in [0.15, 0.2) is 91.0 Å². The SMILES string of the molecule is CC(=O)OC(C(=O)OCC1CN(C(=O)OC(C)(C)C)c2cc(OCc3ccccc3)c3ccccc3c21)c1ccccc1. The number of esters is 2. The third kappa shape index (κ3) is 6.97. The first kappa shape index (κ1) is 29.6. The Kier molecular flexibility index (Phi) is 8.66. The molecule has 1 aliphatic heterocycles. The van der Waals surface area contributed by atoms with E-state index >= 15 is 0 Å². The molecule has 0 aliphatic carbocycles. The molecule has 8 nitrogen and oxygen atoms in total.